The van der Waals surface area contributed by atoms with Gasteiger partial charge >= 0.3 is 0 Å². The monoisotopic (exact) mass is 239 g/mol. The molecule has 0 bridgehead atoms. The zero-order chi connectivity index (χ0) is 12.7. The molecule has 0 atom stereocenters. The van der Waals surface area contributed by atoms with Gasteiger partial charge in [-0.2, -0.15) is 0 Å². The van der Waals surface area contributed by atoms with Crippen LogP contribution in [0.25, 0.3) is 22.4 Å². The van der Waals surface area contributed by atoms with E-state index >= 15 is 0 Å². The van der Waals surface area contributed by atoms with Gasteiger partial charge in [-0.05, 0) is 30.7 Å². The van der Waals surface area contributed by atoms with Crippen LogP contribution in [0.5, 0.6) is 0 Å². The van der Waals surface area contributed by atoms with Gasteiger partial charge in [0.2, 0.25) is 0 Å². The lowest BCUT2D eigenvalue weighted by atomic mass is 10.2. The molecule has 2 aromatic heterocycles. The van der Waals surface area contributed by atoms with Crippen molar-refractivity contribution in [2.24, 2.45) is 7.05 Å². The first-order valence-electron chi connectivity index (χ1n) is 5.77. The van der Waals surface area contributed by atoms with Gasteiger partial charge in [-0.25, -0.2) is 4.98 Å². The van der Waals surface area contributed by atoms with Crippen LogP contribution in [-0.2, 0) is 7.05 Å². The lowest BCUT2D eigenvalue weighted by molar-refractivity contribution is 0.860. The van der Waals surface area contributed by atoms with Crippen molar-refractivity contribution in [3.63, 3.8) is 0 Å². The topological polar surface area (TPSA) is 50.7 Å². The van der Waals surface area contributed by atoms with Crippen LogP contribution in [0.3, 0.4) is 0 Å². The number of nitrogens with zero attached hydrogens (tertiary/aromatic N) is 2. The van der Waals surface area contributed by atoms with E-state index in [0.717, 1.165) is 22.4 Å². The van der Waals surface area contributed by atoms with Crippen LogP contribution in [0.15, 0.2) is 41.3 Å². The number of aryl methyl sites for hydroxylation is 2. The fourth-order valence-corrected chi connectivity index (χ4v) is 1.96. The number of hydrogen-bond donors (Lipinski definition) is 1. The van der Waals surface area contributed by atoms with Gasteiger partial charge in [0.1, 0.15) is 5.82 Å². The maximum Gasteiger partial charge on any atom is 0.250 e. The second-order valence-corrected chi connectivity index (χ2v) is 4.47. The number of aromatic nitrogens is 3. The maximum atomic E-state index is 11.6. The fourth-order valence-electron chi connectivity index (χ4n) is 1.96. The molecule has 0 radical (unpaired) electrons. The van der Waals surface area contributed by atoms with Gasteiger partial charge in [-0.1, -0.05) is 6.07 Å². The second-order valence-electron chi connectivity index (χ2n) is 4.47. The summed E-state index contributed by atoms with van der Waals surface area (Å²) in [6.07, 6.45) is 1.75. The molecule has 0 saturated carbocycles. The minimum absolute atomic E-state index is 0.0378. The first kappa shape index (κ1) is 10.8. The van der Waals surface area contributed by atoms with Crippen molar-refractivity contribution in [1.29, 1.82) is 0 Å². The van der Waals surface area contributed by atoms with Gasteiger partial charge < -0.3 is 9.55 Å². The molecule has 18 heavy (non-hydrogen) atoms. The maximum absolute atomic E-state index is 11.6. The standard InChI is InChI=1S/C14H13N3O/c1-9-3-4-11-12(7-9)16-14(15-11)10-5-6-17(2)13(18)8-10/h3-8H,1-2H3,(H,15,16). The normalized spacial score (nSPS) is 11.0. The first-order chi connectivity index (χ1) is 8.63. The second kappa shape index (κ2) is 3.84. The Labute approximate surface area is 104 Å². The Hall–Kier alpha value is -2.36. The smallest absolute Gasteiger partial charge is 0.250 e. The summed E-state index contributed by atoms with van der Waals surface area (Å²) in [5.74, 6) is 0.730. The Kier molecular flexibility index (Phi) is 2.30. The SMILES string of the molecule is Cc1ccc2nc(-c3ccn(C)c(=O)c3)[nH]c2c1. The van der Waals surface area contributed by atoms with E-state index in [9.17, 15) is 4.79 Å². The predicted octanol–water partition coefficient (Wildman–Crippen LogP) is 2.24. The number of fused-ring (bicyclic) bond motifs is 1. The average molecular weight is 239 g/mol. The highest BCUT2D eigenvalue weighted by atomic mass is 16.1. The third-order valence-electron chi connectivity index (χ3n) is 3.02. The summed E-state index contributed by atoms with van der Waals surface area (Å²) in [4.78, 5) is 19.3. The Morgan fingerprint density at radius 1 is 1.22 bits per heavy atom. The molecule has 4 heteroatoms. The number of H-pyrrole nitrogens is 1. The zero-order valence-electron chi connectivity index (χ0n) is 10.3. The van der Waals surface area contributed by atoms with Gasteiger partial charge in [0.05, 0.1) is 11.0 Å². The van der Waals surface area contributed by atoms with E-state index < -0.39 is 0 Å². The highest BCUT2D eigenvalue weighted by molar-refractivity contribution is 5.79. The largest absolute Gasteiger partial charge is 0.338 e. The number of nitrogens with one attached hydrogen (secondary N) is 1. The minimum atomic E-state index is -0.0378. The van der Waals surface area contributed by atoms with E-state index in [4.69, 9.17) is 0 Å². The molecular weight excluding hydrogens is 226 g/mol. The number of benzene rings is 1. The molecular formula is C14H13N3O. The Morgan fingerprint density at radius 2 is 2.06 bits per heavy atom. The summed E-state index contributed by atoms with van der Waals surface area (Å²) in [7, 11) is 1.73. The molecule has 0 aliphatic rings. The van der Waals surface area contributed by atoms with E-state index in [1.54, 1.807) is 19.3 Å². The van der Waals surface area contributed by atoms with Gasteiger partial charge in [0, 0.05) is 24.9 Å². The summed E-state index contributed by atoms with van der Waals surface area (Å²) >= 11 is 0. The molecule has 90 valence electrons. The van der Waals surface area contributed by atoms with Crippen molar-refractivity contribution in [2.75, 3.05) is 0 Å². The summed E-state index contributed by atoms with van der Waals surface area (Å²) in [5, 5.41) is 0. The summed E-state index contributed by atoms with van der Waals surface area (Å²) in [5.41, 5.74) is 3.86. The third kappa shape index (κ3) is 1.72. The van der Waals surface area contributed by atoms with E-state index in [1.165, 1.54) is 10.1 Å². The molecule has 0 unspecified atom stereocenters. The van der Waals surface area contributed by atoms with E-state index in [0.29, 0.717) is 0 Å². The van der Waals surface area contributed by atoms with E-state index in [2.05, 4.69) is 9.97 Å². The lowest BCUT2D eigenvalue weighted by Gasteiger charge is -1.98. The molecule has 2 heterocycles. The lowest BCUT2D eigenvalue weighted by Crippen LogP contribution is -2.14. The van der Waals surface area contributed by atoms with Crippen molar-refractivity contribution in [3.05, 3.63) is 52.4 Å². The van der Waals surface area contributed by atoms with Crippen LogP contribution in [0.2, 0.25) is 0 Å². The van der Waals surface area contributed by atoms with E-state index in [1.807, 2.05) is 31.2 Å². The molecule has 4 nitrogen and oxygen atoms in total. The fraction of sp³-hybridized carbons (Fsp3) is 0.143. The zero-order valence-corrected chi connectivity index (χ0v) is 10.3. The highest BCUT2D eigenvalue weighted by Gasteiger charge is 2.06. The molecule has 3 rings (SSSR count). The minimum Gasteiger partial charge on any atom is -0.338 e. The molecule has 0 aliphatic heterocycles. The molecule has 0 spiro atoms. The third-order valence-corrected chi connectivity index (χ3v) is 3.02. The van der Waals surface area contributed by atoms with E-state index in [-0.39, 0.29) is 5.56 Å². The van der Waals surface area contributed by atoms with Crippen molar-refractivity contribution in [1.82, 2.24) is 14.5 Å². The molecule has 0 aliphatic carbocycles. The van der Waals surface area contributed by atoms with Crippen molar-refractivity contribution < 1.29 is 0 Å². The summed E-state index contributed by atoms with van der Waals surface area (Å²) in [6, 6.07) is 9.52. The molecule has 0 saturated heterocycles. The molecule has 0 amide bonds. The molecule has 1 aromatic carbocycles. The number of pyridine rings is 1. The predicted molar refractivity (Wildman–Crippen MR) is 71.5 cm³/mol. The van der Waals surface area contributed by atoms with Crippen LogP contribution in [0.4, 0.5) is 0 Å². The number of imidazole rings is 1. The Bertz CT molecular complexity index is 783. The quantitative estimate of drug-likeness (QED) is 0.708. The van der Waals surface area contributed by atoms with Crippen LogP contribution < -0.4 is 5.56 Å². The van der Waals surface area contributed by atoms with Crippen LogP contribution in [0, 0.1) is 6.92 Å². The molecule has 3 aromatic rings. The first-order valence-corrected chi connectivity index (χ1v) is 5.77. The van der Waals surface area contributed by atoms with Crippen LogP contribution in [-0.4, -0.2) is 14.5 Å². The van der Waals surface area contributed by atoms with Crippen LogP contribution >= 0.6 is 0 Å². The molecule has 0 fully saturated rings. The number of hydrogen-bond acceptors (Lipinski definition) is 2. The van der Waals surface area contributed by atoms with Gasteiger partial charge in [0.15, 0.2) is 0 Å². The van der Waals surface area contributed by atoms with Gasteiger partial charge in [0.25, 0.3) is 5.56 Å². The van der Waals surface area contributed by atoms with Crippen molar-refractivity contribution in [2.45, 2.75) is 6.92 Å². The van der Waals surface area contributed by atoms with Crippen molar-refractivity contribution in [3.8, 4) is 11.4 Å². The van der Waals surface area contributed by atoms with Crippen molar-refractivity contribution >= 4 is 11.0 Å². The highest BCUT2D eigenvalue weighted by Crippen LogP contribution is 2.19. The summed E-state index contributed by atoms with van der Waals surface area (Å²) in [6.45, 7) is 2.04. The Morgan fingerprint density at radius 3 is 2.83 bits per heavy atom. The average Bonchev–Trinajstić information content (AvgIpc) is 2.75. The van der Waals surface area contributed by atoms with Gasteiger partial charge in [-0.3, -0.25) is 4.79 Å². The summed E-state index contributed by atoms with van der Waals surface area (Å²) < 4.78 is 1.54. The number of aromatic amines is 1. The van der Waals surface area contributed by atoms with Gasteiger partial charge in [-0.15, -0.1) is 0 Å². The molecule has 1 N–H and O–H groups in total. The van der Waals surface area contributed by atoms with Crippen LogP contribution in [0.1, 0.15) is 5.56 Å². The Balaban J connectivity index is 2.19. The number of rotatable bonds is 1.